The predicted molar refractivity (Wildman–Crippen MR) is 120 cm³/mol. The summed E-state index contributed by atoms with van der Waals surface area (Å²) in [5, 5.41) is 6.79. The largest absolute Gasteiger partial charge is 0.574 e. The van der Waals surface area contributed by atoms with Gasteiger partial charge < -0.3 is 19.3 Å². The number of carbonyl (C=O) groups is 2. The molecule has 2 aliphatic rings. The standard InChI is InChI=1S/C24H21F3N4O5/c1-13(32)29-11-17-12-31(23(33)34-17)16-5-6-18-14(9-16)3-2-4-19-21(30-36-22(18)19)15-7-8-28-20(10-15)35-24(25,26)27/h5-10,17H,2-4,11-12H2,1H3,(H,29,32)/t17-/m0/s1. The molecule has 12 heteroatoms. The number of aryl methyl sites for hydroxylation is 1. The number of amides is 2. The number of rotatable bonds is 5. The number of hydrogen-bond donors (Lipinski definition) is 1. The Hall–Kier alpha value is -4.09. The first-order valence-corrected chi connectivity index (χ1v) is 11.2. The molecule has 188 valence electrons. The third-order valence-corrected chi connectivity index (χ3v) is 5.99. The number of hydrogen-bond acceptors (Lipinski definition) is 7. The zero-order valence-electron chi connectivity index (χ0n) is 19.1. The molecule has 1 saturated heterocycles. The van der Waals surface area contributed by atoms with Crippen molar-refractivity contribution in [3.63, 3.8) is 0 Å². The minimum atomic E-state index is -4.85. The highest BCUT2D eigenvalue weighted by Crippen LogP contribution is 2.40. The van der Waals surface area contributed by atoms with Gasteiger partial charge in [0.1, 0.15) is 11.8 Å². The minimum Gasteiger partial charge on any atom is -0.442 e. The van der Waals surface area contributed by atoms with E-state index in [-0.39, 0.29) is 12.5 Å². The van der Waals surface area contributed by atoms with Crippen LogP contribution in [0.4, 0.5) is 23.7 Å². The van der Waals surface area contributed by atoms with Gasteiger partial charge in [-0.05, 0) is 49.1 Å². The van der Waals surface area contributed by atoms with Gasteiger partial charge in [-0.2, -0.15) is 0 Å². The van der Waals surface area contributed by atoms with Gasteiger partial charge in [-0.15, -0.1) is 13.2 Å². The summed E-state index contributed by atoms with van der Waals surface area (Å²) < 4.78 is 52.8. The number of alkyl halides is 3. The van der Waals surface area contributed by atoms with Crippen LogP contribution in [0.5, 0.6) is 5.88 Å². The molecule has 1 fully saturated rings. The second kappa shape index (κ2) is 9.17. The third kappa shape index (κ3) is 4.83. The Morgan fingerprint density at radius 1 is 1.25 bits per heavy atom. The highest BCUT2D eigenvalue weighted by Gasteiger charge is 2.34. The summed E-state index contributed by atoms with van der Waals surface area (Å²) in [5.41, 5.74) is 4.02. The topological polar surface area (TPSA) is 107 Å². The SMILES string of the molecule is CC(=O)NC[C@H]1CN(c2ccc3c(c2)CCCc2c(-c4ccnc(OC(F)(F)F)c4)noc2-3)C(=O)O1. The maximum absolute atomic E-state index is 12.6. The van der Waals surface area contributed by atoms with Gasteiger partial charge in [-0.25, -0.2) is 9.78 Å². The van der Waals surface area contributed by atoms with Crippen LogP contribution in [0.15, 0.2) is 41.1 Å². The Labute approximate surface area is 203 Å². The molecule has 3 aromatic rings. The first-order chi connectivity index (χ1) is 17.2. The lowest BCUT2D eigenvalue weighted by Gasteiger charge is -2.15. The van der Waals surface area contributed by atoms with Crippen LogP contribution in [-0.4, -0.2) is 47.7 Å². The van der Waals surface area contributed by atoms with Gasteiger partial charge in [0.25, 0.3) is 0 Å². The lowest BCUT2D eigenvalue weighted by Crippen LogP contribution is -2.33. The molecule has 1 N–H and O–H groups in total. The summed E-state index contributed by atoms with van der Waals surface area (Å²) in [6, 6.07) is 8.24. The fourth-order valence-corrected chi connectivity index (χ4v) is 4.44. The summed E-state index contributed by atoms with van der Waals surface area (Å²) in [4.78, 5) is 28.7. The molecule has 9 nitrogen and oxygen atoms in total. The van der Waals surface area contributed by atoms with Crippen molar-refractivity contribution in [2.24, 2.45) is 0 Å². The molecular formula is C24H21F3N4O5. The van der Waals surface area contributed by atoms with Crippen LogP contribution in [0.3, 0.4) is 0 Å². The molecule has 0 spiro atoms. The van der Waals surface area contributed by atoms with Gasteiger partial charge in [0.05, 0.1) is 13.1 Å². The second-order valence-electron chi connectivity index (χ2n) is 8.52. The van der Waals surface area contributed by atoms with Gasteiger partial charge in [-0.3, -0.25) is 9.69 Å². The highest BCUT2D eigenvalue weighted by atomic mass is 19.4. The van der Waals surface area contributed by atoms with Gasteiger partial charge in [0, 0.05) is 41.6 Å². The van der Waals surface area contributed by atoms with E-state index in [1.54, 1.807) is 12.1 Å². The molecule has 1 aromatic carbocycles. The van der Waals surface area contributed by atoms with Gasteiger partial charge in [0.15, 0.2) is 5.76 Å². The normalized spacial score (nSPS) is 17.2. The van der Waals surface area contributed by atoms with Crippen molar-refractivity contribution in [2.45, 2.75) is 38.7 Å². The Bertz CT molecular complexity index is 1320. The monoisotopic (exact) mass is 502 g/mol. The Morgan fingerprint density at radius 2 is 2.08 bits per heavy atom. The van der Waals surface area contributed by atoms with E-state index in [1.165, 1.54) is 24.1 Å². The number of cyclic esters (lactones) is 1. The quantitative estimate of drug-likeness (QED) is 0.556. The molecule has 0 radical (unpaired) electrons. The van der Waals surface area contributed by atoms with E-state index in [4.69, 9.17) is 9.26 Å². The van der Waals surface area contributed by atoms with Crippen LogP contribution < -0.4 is 15.0 Å². The fourth-order valence-electron chi connectivity index (χ4n) is 4.44. The van der Waals surface area contributed by atoms with Crippen molar-refractivity contribution in [3.8, 4) is 28.5 Å². The summed E-state index contributed by atoms with van der Waals surface area (Å²) in [6.07, 6.45) is -2.53. The molecule has 0 unspecified atom stereocenters. The number of carbonyl (C=O) groups excluding carboxylic acids is 2. The van der Waals surface area contributed by atoms with Crippen molar-refractivity contribution < 1.29 is 36.8 Å². The van der Waals surface area contributed by atoms with E-state index in [2.05, 4.69) is 20.2 Å². The molecule has 2 aromatic heterocycles. The van der Waals surface area contributed by atoms with E-state index in [1.807, 2.05) is 12.1 Å². The first kappa shape index (κ1) is 23.6. The van der Waals surface area contributed by atoms with Crippen molar-refractivity contribution in [1.82, 2.24) is 15.5 Å². The number of pyridine rings is 1. The zero-order valence-corrected chi connectivity index (χ0v) is 19.1. The molecule has 1 atom stereocenters. The molecule has 1 aliphatic heterocycles. The van der Waals surface area contributed by atoms with E-state index < -0.39 is 24.4 Å². The van der Waals surface area contributed by atoms with Gasteiger partial charge >= 0.3 is 12.5 Å². The summed E-state index contributed by atoms with van der Waals surface area (Å²) >= 11 is 0. The van der Waals surface area contributed by atoms with Crippen molar-refractivity contribution in [2.75, 3.05) is 18.0 Å². The second-order valence-corrected chi connectivity index (χ2v) is 8.52. The average Bonchev–Trinajstić information content (AvgIpc) is 3.35. The van der Waals surface area contributed by atoms with Gasteiger partial charge in [-0.1, -0.05) is 5.16 Å². The number of aromatic nitrogens is 2. The molecule has 0 saturated carbocycles. The smallest absolute Gasteiger partial charge is 0.442 e. The average molecular weight is 502 g/mol. The van der Waals surface area contributed by atoms with Gasteiger partial charge in [0.2, 0.25) is 11.8 Å². The molecule has 3 heterocycles. The zero-order chi connectivity index (χ0) is 25.4. The van der Waals surface area contributed by atoms with Crippen LogP contribution in [0.25, 0.3) is 22.6 Å². The maximum Gasteiger partial charge on any atom is 0.574 e. The van der Waals surface area contributed by atoms with E-state index >= 15 is 0 Å². The molecule has 0 bridgehead atoms. The summed E-state index contributed by atoms with van der Waals surface area (Å²) in [5.74, 6) is -0.246. The van der Waals surface area contributed by atoms with E-state index in [9.17, 15) is 22.8 Å². The molecule has 1 aliphatic carbocycles. The number of anilines is 1. The number of nitrogens with one attached hydrogen (secondary N) is 1. The number of nitrogens with zero attached hydrogens (tertiary/aromatic N) is 3. The van der Waals surface area contributed by atoms with E-state index in [0.29, 0.717) is 42.1 Å². The van der Waals surface area contributed by atoms with Crippen molar-refractivity contribution >= 4 is 17.7 Å². The summed E-state index contributed by atoms with van der Waals surface area (Å²) in [7, 11) is 0. The number of halogens is 3. The van der Waals surface area contributed by atoms with Crippen LogP contribution in [0.1, 0.15) is 24.5 Å². The lowest BCUT2D eigenvalue weighted by atomic mass is 10.00. The maximum atomic E-state index is 12.6. The lowest BCUT2D eigenvalue weighted by molar-refractivity contribution is -0.276. The molecular weight excluding hydrogens is 481 g/mol. The first-order valence-electron chi connectivity index (χ1n) is 11.2. The van der Waals surface area contributed by atoms with E-state index in [0.717, 1.165) is 23.1 Å². The molecule has 36 heavy (non-hydrogen) atoms. The minimum absolute atomic E-state index is 0.201. The number of ether oxygens (including phenoxy) is 2. The summed E-state index contributed by atoms with van der Waals surface area (Å²) in [6.45, 7) is 1.94. The van der Waals surface area contributed by atoms with Crippen molar-refractivity contribution in [1.29, 1.82) is 0 Å². The Kier molecular flexibility index (Phi) is 6.02. The fraction of sp³-hybridized carbons (Fsp3) is 0.333. The predicted octanol–water partition coefficient (Wildman–Crippen LogP) is 4.25. The Morgan fingerprint density at radius 3 is 2.86 bits per heavy atom. The van der Waals surface area contributed by atoms with Crippen LogP contribution >= 0.6 is 0 Å². The molecule has 2 amide bonds. The van der Waals surface area contributed by atoms with Crippen molar-refractivity contribution in [3.05, 3.63) is 47.7 Å². The number of benzene rings is 1. The van der Waals surface area contributed by atoms with Crippen LogP contribution in [-0.2, 0) is 22.4 Å². The number of fused-ring (bicyclic) bond motifs is 3. The van der Waals surface area contributed by atoms with Crippen LogP contribution in [0.2, 0.25) is 0 Å². The molecule has 5 rings (SSSR count). The third-order valence-electron chi connectivity index (χ3n) is 5.99. The highest BCUT2D eigenvalue weighted by molar-refractivity contribution is 5.90. The van der Waals surface area contributed by atoms with Crippen LogP contribution in [0, 0.1) is 0 Å². The Balaban J connectivity index is 1.42.